The molecule has 0 atom stereocenters. The smallest absolute Gasteiger partial charge is 0.303 e. The molecule has 1 heterocycles. The first kappa shape index (κ1) is 12.3. The Kier molecular flexibility index (Phi) is 3.72. The fourth-order valence-electron chi connectivity index (χ4n) is 1.83. The van der Waals surface area contributed by atoms with Crippen LogP contribution < -0.4 is 0 Å². The second-order valence-corrected chi connectivity index (χ2v) is 4.34. The molecule has 1 N–H and O–H groups in total. The number of carbonyl (C=O) groups is 1. The van der Waals surface area contributed by atoms with Crippen molar-refractivity contribution in [1.82, 2.24) is 4.98 Å². The Hall–Kier alpha value is -2.16. The van der Waals surface area contributed by atoms with Crippen molar-refractivity contribution in [2.75, 3.05) is 0 Å². The van der Waals surface area contributed by atoms with Crippen molar-refractivity contribution >= 4 is 5.97 Å². The van der Waals surface area contributed by atoms with Gasteiger partial charge in [-0.15, -0.1) is 0 Å². The molecular weight excluding hydrogens is 226 g/mol. The van der Waals surface area contributed by atoms with Gasteiger partial charge < -0.3 is 5.11 Å². The van der Waals surface area contributed by atoms with E-state index >= 15 is 0 Å². The zero-order chi connectivity index (χ0) is 13.0. The monoisotopic (exact) mass is 241 g/mol. The van der Waals surface area contributed by atoms with Crippen molar-refractivity contribution < 1.29 is 9.90 Å². The van der Waals surface area contributed by atoms with Gasteiger partial charge in [-0.1, -0.05) is 24.3 Å². The molecule has 18 heavy (non-hydrogen) atoms. The third-order valence-corrected chi connectivity index (χ3v) is 2.79. The number of pyridine rings is 1. The number of carboxylic acid groups (broad SMARTS) is 1. The highest BCUT2D eigenvalue weighted by atomic mass is 16.4. The van der Waals surface area contributed by atoms with Crippen molar-refractivity contribution in [2.45, 2.75) is 19.8 Å². The van der Waals surface area contributed by atoms with Crippen molar-refractivity contribution in [1.29, 1.82) is 0 Å². The lowest BCUT2D eigenvalue weighted by Gasteiger charge is -2.04. The summed E-state index contributed by atoms with van der Waals surface area (Å²) >= 11 is 0. The number of carboxylic acids is 1. The summed E-state index contributed by atoms with van der Waals surface area (Å²) in [5.74, 6) is -0.762. The number of hydrogen-bond donors (Lipinski definition) is 1. The van der Waals surface area contributed by atoms with E-state index in [1.54, 1.807) is 0 Å². The van der Waals surface area contributed by atoms with Crippen LogP contribution in [-0.2, 0) is 11.2 Å². The molecule has 1 aromatic carbocycles. The van der Waals surface area contributed by atoms with Gasteiger partial charge in [0.25, 0.3) is 0 Å². The first-order valence-electron chi connectivity index (χ1n) is 5.88. The van der Waals surface area contributed by atoms with E-state index in [0.717, 1.165) is 22.3 Å². The Bertz CT molecular complexity index is 547. The molecule has 0 amide bonds. The molecule has 0 aliphatic heterocycles. The molecule has 0 aliphatic rings. The second kappa shape index (κ2) is 5.45. The lowest BCUT2D eigenvalue weighted by Crippen LogP contribution is -1.97. The van der Waals surface area contributed by atoms with Crippen molar-refractivity contribution in [3.05, 3.63) is 53.9 Å². The molecule has 0 saturated heterocycles. The van der Waals surface area contributed by atoms with E-state index in [0.29, 0.717) is 6.42 Å². The van der Waals surface area contributed by atoms with Crippen molar-refractivity contribution in [3.63, 3.8) is 0 Å². The predicted octanol–water partition coefficient (Wildman–Crippen LogP) is 3.07. The SMILES string of the molecule is Cc1cncc(-c2ccc(CCC(=O)O)cc2)c1. The predicted molar refractivity (Wildman–Crippen MR) is 70.4 cm³/mol. The minimum atomic E-state index is -0.762. The zero-order valence-corrected chi connectivity index (χ0v) is 10.3. The molecule has 0 spiro atoms. The van der Waals surface area contributed by atoms with E-state index in [2.05, 4.69) is 11.1 Å². The zero-order valence-electron chi connectivity index (χ0n) is 10.3. The fraction of sp³-hybridized carbons (Fsp3) is 0.200. The van der Waals surface area contributed by atoms with Gasteiger partial charge in [-0.05, 0) is 36.1 Å². The lowest BCUT2D eigenvalue weighted by molar-refractivity contribution is -0.136. The molecule has 92 valence electrons. The van der Waals surface area contributed by atoms with E-state index in [1.165, 1.54) is 0 Å². The van der Waals surface area contributed by atoms with Gasteiger partial charge in [0, 0.05) is 24.4 Å². The van der Waals surface area contributed by atoms with Gasteiger partial charge in [0.15, 0.2) is 0 Å². The molecule has 3 nitrogen and oxygen atoms in total. The Morgan fingerprint density at radius 3 is 2.50 bits per heavy atom. The van der Waals surface area contributed by atoms with Gasteiger partial charge in [-0.3, -0.25) is 9.78 Å². The average Bonchev–Trinajstić information content (AvgIpc) is 2.37. The molecule has 0 aliphatic carbocycles. The van der Waals surface area contributed by atoms with Crippen LogP contribution in [0.5, 0.6) is 0 Å². The van der Waals surface area contributed by atoms with E-state index < -0.39 is 5.97 Å². The van der Waals surface area contributed by atoms with Crippen LogP contribution in [0.15, 0.2) is 42.7 Å². The fourth-order valence-corrected chi connectivity index (χ4v) is 1.83. The first-order valence-corrected chi connectivity index (χ1v) is 5.88. The third-order valence-electron chi connectivity index (χ3n) is 2.79. The molecule has 0 saturated carbocycles. The van der Waals surface area contributed by atoms with Crippen LogP contribution in [0.3, 0.4) is 0 Å². The van der Waals surface area contributed by atoms with Crippen LogP contribution in [0, 0.1) is 6.92 Å². The van der Waals surface area contributed by atoms with E-state index in [1.807, 2.05) is 43.6 Å². The number of aliphatic carboxylic acids is 1. The molecule has 1 aromatic heterocycles. The van der Waals surface area contributed by atoms with Crippen LogP contribution in [0.4, 0.5) is 0 Å². The van der Waals surface area contributed by atoms with Gasteiger partial charge in [0.2, 0.25) is 0 Å². The van der Waals surface area contributed by atoms with Crippen molar-refractivity contribution in [3.8, 4) is 11.1 Å². The van der Waals surface area contributed by atoms with Gasteiger partial charge in [0.05, 0.1) is 0 Å². The molecular formula is C15H15NO2. The Labute approximate surface area is 106 Å². The summed E-state index contributed by atoms with van der Waals surface area (Å²) in [4.78, 5) is 14.7. The number of aromatic nitrogens is 1. The van der Waals surface area contributed by atoms with Crippen LogP contribution >= 0.6 is 0 Å². The maximum atomic E-state index is 10.5. The summed E-state index contributed by atoms with van der Waals surface area (Å²) < 4.78 is 0. The van der Waals surface area contributed by atoms with E-state index in [4.69, 9.17) is 5.11 Å². The number of aryl methyl sites for hydroxylation is 2. The Morgan fingerprint density at radius 2 is 1.89 bits per heavy atom. The van der Waals surface area contributed by atoms with Crippen LogP contribution in [0.1, 0.15) is 17.5 Å². The third kappa shape index (κ3) is 3.17. The van der Waals surface area contributed by atoms with Gasteiger partial charge in [0.1, 0.15) is 0 Å². The number of hydrogen-bond acceptors (Lipinski definition) is 2. The molecule has 3 heteroatoms. The van der Waals surface area contributed by atoms with Crippen LogP contribution in [0.2, 0.25) is 0 Å². The normalized spacial score (nSPS) is 10.3. The topological polar surface area (TPSA) is 50.2 Å². The number of benzene rings is 1. The molecule has 2 rings (SSSR count). The molecule has 0 bridgehead atoms. The largest absolute Gasteiger partial charge is 0.481 e. The Morgan fingerprint density at radius 1 is 1.17 bits per heavy atom. The highest BCUT2D eigenvalue weighted by Crippen LogP contribution is 2.20. The highest BCUT2D eigenvalue weighted by molar-refractivity contribution is 5.67. The molecule has 2 aromatic rings. The quantitative estimate of drug-likeness (QED) is 0.894. The Balaban J connectivity index is 2.14. The summed E-state index contributed by atoms with van der Waals surface area (Å²) in [6, 6.07) is 10.0. The lowest BCUT2D eigenvalue weighted by atomic mass is 10.0. The summed E-state index contributed by atoms with van der Waals surface area (Å²) in [6.07, 6.45) is 4.40. The molecule has 0 fully saturated rings. The first-order chi connectivity index (χ1) is 8.65. The maximum Gasteiger partial charge on any atom is 0.303 e. The summed E-state index contributed by atoms with van der Waals surface area (Å²) in [5, 5.41) is 8.63. The van der Waals surface area contributed by atoms with Crippen molar-refractivity contribution in [2.24, 2.45) is 0 Å². The molecule has 0 unspecified atom stereocenters. The van der Waals surface area contributed by atoms with Gasteiger partial charge >= 0.3 is 5.97 Å². The second-order valence-electron chi connectivity index (χ2n) is 4.34. The minimum Gasteiger partial charge on any atom is -0.481 e. The van der Waals surface area contributed by atoms with E-state index in [-0.39, 0.29) is 6.42 Å². The van der Waals surface area contributed by atoms with Crippen LogP contribution in [0.25, 0.3) is 11.1 Å². The highest BCUT2D eigenvalue weighted by Gasteiger charge is 2.01. The summed E-state index contributed by atoms with van der Waals surface area (Å²) in [6.45, 7) is 2.01. The summed E-state index contributed by atoms with van der Waals surface area (Å²) in [5.41, 5.74) is 4.36. The molecule has 0 radical (unpaired) electrons. The summed E-state index contributed by atoms with van der Waals surface area (Å²) in [7, 11) is 0. The maximum absolute atomic E-state index is 10.5. The standard InChI is InChI=1S/C15H15NO2/c1-11-8-14(10-16-9-11)13-5-2-12(3-6-13)4-7-15(17)18/h2-3,5-6,8-10H,4,7H2,1H3,(H,17,18). The van der Waals surface area contributed by atoms with Crippen LogP contribution in [-0.4, -0.2) is 16.1 Å². The number of nitrogens with zero attached hydrogens (tertiary/aromatic N) is 1. The number of rotatable bonds is 4. The average molecular weight is 241 g/mol. The minimum absolute atomic E-state index is 0.172. The van der Waals surface area contributed by atoms with Gasteiger partial charge in [-0.2, -0.15) is 0 Å². The van der Waals surface area contributed by atoms with Gasteiger partial charge in [-0.25, -0.2) is 0 Å². The van der Waals surface area contributed by atoms with E-state index in [9.17, 15) is 4.79 Å².